The Morgan fingerprint density at radius 2 is 1.36 bits per heavy atom. The highest BCUT2D eigenvalue weighted by atomic mass is 16.6. The molecule has 2 saturated heterocycles. The van der Waals surface area contributed by atoms with Gasteiger partial charge in [0.25, 0.3) is 0 Å². The van der Waals surface area contributed by atoms with Gasteiger partial charge in [0, 0.05) is 6.54 Å². The van der Waals surface area contributed by atoms with Crippen LogP contribution in [-0.2, 0) is 34.1 Å². The van der Waals surface area contributed by atoms with E-state index >= 15 is 14.4 Å². The van der Waals surface area contributed by atoms with Gasteiger partial charge in [-0.15, -0.1) is 0 Å². The van der Waals surface area contributed by atoms with Crippen LogP contribution < -0.4 is 15.5 Å². The minimum atomic E-state index is -2.03. The molecular weight excluding hydrogens is 777 g/mol. The Bertz CT molecular complexity index is 2430. The zero-order valence-electron chi connectivity index (χ0n) is 33.8. The number of benzene rings is 5. The fourth-order valence-corrected chi connectivity index (χ4v) is 9.44. The Morgan fingerprint density at radius 1 is 0.770 bits per heavy atom. The quantitative estimate of drug-likeness (QED) is 0.126. The molecule has 4 N–H and O–H groups in total. The molecule has 3 heterocycles. The second-order valence-electron chi connectivity index (χ2n) is 15.9. The summed E-state index contributed by atoms with van der Waals surface area (Å²) in [7, 11) is 1.20. The largest absolute Gasteiger partial charge is 0.508 e. The molecule has 312 valence electrons. The van der Waals surface area contributed by atoms with Gasteiger partial charge in [0.15, 0.2) is 0 Å². The number of amides is 4. The predicted molar refractivity (Wildman–Crippen MR) is 224 cm³/mol. The molecule has 0 aromatic heterocycles. The lowest BCUT2D eigenvalue weighted by Gasteiger charge is -2.46. The van der Waals surface area contributed by atoms with E-state index in [2.05, 4.69) is 10.6 Å². The summed E-state index contributed by atoms with van der Waals surface area (Å²) in [6, 6.07) is 34.7. The first kappa shape index (κ1) is 40.9. The zero-order valence-corrected chi connectivity index (χ0v) is 33.8. The second-order valence-corrected chi connectivity index (χ2v) is 15.9. The molecule has 1 spiro atoms. The van der Waals surface area contributed by atoms with Gasteiger partial charge in [0.2, 0.25) is 11.8 Å². The summed E-state index contributed by atoms with van der Waals surface area (Å²) < 4.78 is 11.4. The summed E-state index contributed by atoms with van der Waals surface area (Å²) >= 11 is 0. The number of para-hydroxylation sites is 1. The fraction of sp³-hybridized carbons (Fsp3) is 0.271. The van der Waals surface area contributed by atoms with E-state index in [-0.39, 0.29) is 23.5 Å². The van der Waals surface area contributed by atoms with E-state index < -0.39 is 83.4 Å². The van der Waals surface area contributed by atoms with Crippen molar-refractivity contribution in [3.05, 3.63) is 167 Å². The molecule has 8 atom stereocenters. The SMILES string of the molecule is COC(=O)[C@@H](NC(=O)N1C(=O)[C@@]2(c3ccccc31)[C@H](C(=O)NC[C@H](O)c1ccccc1)[C@H]1C(=O)O[C@H](c3ccccc3)[C@H](c3ccccc3)N1[C@@H]2c1ccc(O)cc1)C(C)C. The monoisotopic (exact) mass is 822 g/mol. The number of phenols is 1. The first-order valence-corrected chi connectivity index (χ1v) is 20.2. The summed E-state index contributed by atoms with van der Waals surface area (Å²) in [5.74, 6) is -5.12. The number of esters is 2. The lowest BCUT2D eigenvalue weighted by molar-refractivity contribution is -0.178. The van der Waals surface area contributed by atoms with Crippen molar-refractivity contribution in [3.63, 3.8) is 0 Å². The Kier molecular flexibility index (Phi) is 11.2. The van der Waals surface area contributed by atoms with Crippen molar-refractivity contribution < 1.29 is 43.7 Å². The highest BCUT2D eigenvalue weighted by Crippen LogP contribution is 2.65. The number of carbonyl (C=O) groups excluding carboxylic acids is 5. The summed E-state index contributed by atoms with van der Waals surface area (Å²) in [6.07, 6.45) is -2.08. The van der Waals surface area contributed by atoms with Gasteiger partial charge in [-0.05, 0) is 51.9 Å². The average molecular weight is 823 g/mol. The topological polar surface area (TPSA) is 175 Å². The molecule has 0 radical (unpaired) electrons. The molecule has 13 heteroatoms. The maximum Gasteiger partial charge on any atom is 0.329 e. The number of methoxy groups -OCH3 is 1. The zero-order chi connectivity index (χ0) is 43.0. The number of ether oxygens (including phenoxy) is 2. The fourth-order valence-electron chi connectivity index (χ4n) is 9.44. The normalized spacial score (nSPS) is 24.1. The van der Waals surface area contributed by atoms with Gasteiger partial charge in [0.1, 0.15) is 29.4 Å². The maximum absolute atomic E-state index is 16.1. The van der Waals surface area contributed by atoms with Crippen LogP contribution in [0.3, 0.4) is 0 Å². The summed E-state index contributed by atoms with van der Waals surface area (Å²) in [4.78, 5) is 76.9. The Morgan fingerprint density at radius 3 is 1.98 bits per heavy atom. The van der Waals surface area contributed by atoms with Crippen molar-refractivity contribution >= 4 is 35.5 Å². The van der Waals surface area contributed by atoms with Crippen LogP contribution in [0.15, 0.2) is 140 Å². The van der Waals surface area contributed by atoms with Crippen molar-refractivity contribution in [2.45, 2.75) is 55.6 Å². The number of rotatable bonds is 10. The highest BCUT2D eigenvalue weighted by Gasteiger charge is 2.75. The van der Waals surface area contributed by atoms with E-state index in [1.54, 1.807) is 80.6 Å². The van der Waals surface area contributed by atoms with Gasteiger partial charge in [-0.25, -0.2) is 14.5 Å². The third kappa shape index (κ3) is 6.99. The average Bonchev–Trinajstić information content (AvgIpc) is 3.74. The Hall–Kier alpha value is -6.83. The van der Waals surface area contributed by atoms with Gasteiger partial charge in [-0.2, -0.15) is 0 Å². The van der Waals surface area contributed by atoms with Crippen molar-refractivity contribution in [3.8, 4) is 5.75 Å². The van der Waals surface area contributed by atoms with Crippen LogP contribution in [0.1, 0.15) is 66.0 Å². The van der Waals surface area contributed by atoms with E-state index in [1.807, 2.05) is 65.6 Å². The van der Waals surface area contributed by atoms with Crippen LogP contribution in [-0.4, -0.2) is 70.6 Å². The van der Waals surface area contributed by atoms with Crippen LogP contribution >= 0.6 is 0 Å². The second kappa shape index (κ2) is 16.7. The van der Waals surface area contributed by atoms with Crippen molar-refractivity contribution in [2.75, 3.05) is 18.6 Å². The maximum atomic E-state index is 16.1. The minimum Gasteiger partial charge on any atom is -0.508 e. The van der Waals surface area contributed by atoms with E-state index in [1.165, 1.54) is 19.2 Å². The van der Waals surface area contributed by atoms with E-state index in [4.69, 9.17) is 9.47 Å². The number of hydrogen-bond acceptors (Lipinski definition) is 10. The molecule has 0 unspecified atom stereocenters. The number of aliphatic hydroxyl groups excluding tert-OH is 1. The molecule has 2 fully saturated rings. The Labute approximate surface area is 352 Å². The van der Waals surface area contributed by atoms with Gasteiger partial charge >= 0.3 is 18.0 Å². The van der Waals surface area contributed by atoms with Crippen LogP contribution in [0, 0.1) is 11.8 Å². The summed E-state index contributed by atoms with van der Waals surface area (Å²) in [5, 5.41) is 27.4. The van der Waals surface area contributed by atoms with Crippen molar-refractivity contribution in [2.24, 2.45) is 11.8 Å². The summed E-state index contributed by atoms with van der Waals surface area (Å²) in [5.41, 5.74) is 0.781. The standard InChI is InChI=1S/C48H46N4O9/c1-28(2)38(44(56)60-3)50-47(59)51-35-22-14-13-21-34(35)48(46(51)58)37(43(55)49-27-36(54)29-15-7-4-8-16-29)40-45(57)61-41(31-19-11-6-12-20-31)39(30-17-9-5-10-18-30)52(40)42(48)32-23-25-33(53)26-24-32/h4-26,28,36-42,53-54H,27H2,1-3H3,(H,49,55)(H,50,59)/t36-,37-,38-,39-,40-,41+,42+,48-/m0/s1. The molecule has 0 aliphatic carbocycles. The molecule has 13 nitrogen and oxygen atoms in total. The predicted octanol–water partition coefficient (Wildman–Crippen LogP) is 5.81. The number of cyclic esters (lactones) is 1. The number of anilines is 1. The van der Waals surface area contributed by atoms with Crippen molar-refractivity contribution in [1.29, 1.82) is 0 Å². The molecule has 5 aromatic rings. The summed E-state index contributed by atoms with van der Waals surface area (Å²) in [6.45, 7) is 3.17. The number of hydrogen-bond donors (Lipinski definition) is 4. The van der Waals surface area contributed by atoms with Gasteiger partial charge in [0.05, 0.1) is 36.9 Å². The van der Waals surface area contributed by atoms with Gasteiger partial charge in [-0.3, -0.25) is 19.3 Å². The van der Waals surface area contributed by atoms with Crippen LogP contribution in [0.4, 0.5) is 10.5 Å². The lowest BCUT2D eigenvalue weighted by atomic mass is 9.65. The van der Waals surface area contributed by atoms with E-state index in [9.17, 15) is 19.8 Å². The molecule has 5 aromatic carbocycles. The number of nitrogens with zero attached hydrogens (tertiary/aromatic N) is 2. The van der Waals surface area contributed by atoms with Crippen LogP contribution in [0.5, 0.6) is 5.75 Å². The first-order chi connectivity index (χ1) is 29.5. The van der Waals surface area contributed by atoms with Crippen LogP contribution in [0.2, 0.25) is 0 Å². The smallest absolute Gasteiger partial charge is 0.329 e. The first-order valence-electron chi connectivity index (χ1n) is 20.2. The van der Waals surface area contributed by atoms with E-state index in [0.29, 0.717) is 16.7 Å². The number of fused-ring (bicyclic) bond motifs is 3. The lowest BCUT2D eigenvalue weighted by Crippen LogP contribution is -2.58. The number of phenolic OH excluding ortho intramolecular Hbond substituents is 1. The molecule has 4 amide bonds. The minimum absolute atomic E-state index is 0.0574. The van der Waals surface area contributed by atoms with Gasteiger partial charge in [-0.1, -0.05) is 135 Å². The molecule has 61 heavy (non-hydrogen) atoms. The number of urea groups is 1. The molecule has 3 aliphatic heterocycles. The third-order valence-corrected chi connectivity index (χ3v) is 12.1. The Balaban J connectivity index is 1.38. The number of aliphatic hydroxyl groups is 1. The van der Waals surface area contributed by atoms with Gasteiger partial charge < -0.3 is 30.3 Å². The molecule has 8 rings (SSSR count). The molecule has 0 saturated carbocycles. The number of morpholine rings is 1. The van der Waals surface area contributed by atoms with Crippen LogP contribution in [0.25, 0.3) is 0 Å². The van der Waals surface area contributed by atoms with E-state index in [0.717, 1.165) is 10.5 Å². The number of carbonyl (C=O) groups is 5. The number of aromatic hydroxyl groups is 1. The number of imide groups is 1. The van der Waals surface area contributed by atoms with Crippen molar-refractivity contribution in [1.82, 2.24) is 15.5 Å². The molecule has 3 aliphatic rings. The molecule has 0 bridgehead atoms. The highest BCUT2D eigenvalue weighted by molar-refractivity contribution is 6.25. The molecular formula is C48H46N4O9. The third-order valence-electron chi connectivity index (χ3n) is 12.1. The number of nitrogens with one attached hydrogen (secondary N) is 2.